The molecule has 0 aliphatic rings. The molecule has 0 amide bonds. The lowest BCUT2D eigenvalue weighted by Gasteiger charge is -2.09. The van der Waals surface area contributed by atoms with Crippen molar-refractivity contribution in [2.45, 2.75) is 4.90 Å². The summed E-state index contributed by atoms with van der Waals surface area (Å²) in [6, 6.07) is 8.62. The third-order valence-corrected chi connectivity index (χ3v) is 4.27. The molecule has 0 saturated carbocycles. The van der Waals surface area contributed by atoms with Gasteiger partial charge in [0.2, 0.25) is 0 Å². The van der Waals surface area contributed by atoms with Gasteiger partial charge in [0.25, 0.3) is 0 Å². The molecule has 0 atom stereocenters. The predicted molar refractivity (Wildman–Crippen MR) is 70.7 cm³/mol. The smallest absolute Gasteiger partial charge is 0.339 e. The average molecular weight is 321 g/mol. The molecule has 0 aliphatic carbocycles. The lowest BCUT2D eigenvalue weighted by molar-refractivity contribution is 0.486. The van der Waals surface area contributed by atoms with E-state index in [2.05, 4.69) is 0 Å². The summed E-state index contributed by atoms with van der Waals surface area (Å²) in [4.78, 5) is -0.176. The van der Waals surface area contributed by atoms with Gasteiger partial charge in [0, 0.05) is 0 Å². The van der Waals surface area contributed by atoms with Gasteiger partial charge in [0.15, 0.2) is 5.75 Å². The average Bonchev–Trinajstić information content (AvgIpc) is 2.35. The summed E-state index contributed by atoms with van der Waals surface area (Å²) in [5, 5.41) is 0.170. The Hall–Kier alpha value is -1.30. The molecule has 0 heterocycles. The number of hydrogen-bond acceptors (Lipinski definition) is 3. The molecule has 0 aromatic heterocycles. The van der Waals surface area contributed by atoms with Gasteiger partial charge in [-0.2, -0.15) is 8.42 Å². The van der Waals surface area contributed by atoms with Crippen molar-refractivity contribution >= 4 is 33.3 Å². The lowest BCUT2D eigenvalue weighted by atomic mass is 10.3. The first-order valence-corrected chi connectivity index (χ1v) is 7.20. The maximum absolute atomic E-state index is 12.7. The van der Waals surface area contributed by atoms with E-state index < -0.39 is 15.9 Å². The Bertz CT molecular complexity index is 699. The van der Waals surface area contributed by atoms with Gasteiger partial charge in [-0.3, -0.25) is 0 Å². The van der Waals surface area contributed by atoms with Crippen LogP contribution in [0.2, 0.25) is 10.0 Å². The fraction of sp³-hybridized carbons (Fsp3) is 0. The van der Waals surface area contributed by atoms with E-state index in [-0.39, 0.29) is 20.7 Å². The fourth-order valence-corrected chi connectivity index (χ4v) is 2.63. The van der Waals surface area contributed by atoms with Crippen molar-refractivity contribution in [3.63, 3.8) is 0 Å². The number of rotatable bonds is 3. The zero-order valence-corrected chi connectivity index (χ0v) is 11.6. The normalized spacial score (nSPS) is 11.3. The Morgan fingerprint density at radius 3 is 2.26 bits per heavy atom. The molecule has 2 aromatic carbocycles. The molecule has 0 bridgehead atoms. The summed E-state index contributed by atoms with van der Waals surface area (Å²) in [7, 11) is -4.08. The minimum atomic E-state index is -4.08. The minimum absolute atomic E-state index is 0.00477. The minimum Gasteiger partial charge on any atom is -0.377 e. The third kappa shape index (κ3) is 3.18. The number of hydrogen-bond donors (Lipinski definition) is 0. The van der Waals surface area contributed by atoms with Crippen molar-refractivity contribution in [3.8, 4) is 5.75 Å². The number of benzene rings is 2. The highest BCUT2D eigenvalue weighted by Gasteiger charge is 2.19. The third-order valence-electron chi connectivity index (χ3n) is 2.22. The molecule has 0 aliphatic heterocycles. The van der Waals surface area contributed by atoms with Crippen LogP contribution in [0.3, 0.4) is 0 Å². The van der Waals surface area contributed by atoms with Gasteiger partial charge in [0.1, 0.15) is 15.7 Å². The van der Waals surface area contributed by atoms with Crippen LogP contribution < -0.4 is 4.18 Å². The molecule has 0 fully saturated rings. The second kappa shape index (κ2) is 5.36. The molecular formula is C12H7Cl2FO3S. The molecule has 0 radical (unpaired) electrons. The fourth-order valence-electron chi connectivity index (χ4n) is 1.32. The van der Waals surface area contributed by atoms with E-state index in [1.807, 2.05) is 0 Å². The van der Waals surface area contributed by atoms with E-state index in [0.29, 0.717) is 0 Å². The van der Waals surface area contributed by atoms with Gasteiger partial charge in [-0.05, 0) is 36.4 Å². The van der Waals surface area contributed by atoms with Crippen LogP contribution in [0.1, 0.15) is 0 Å². The molecule has 2 aromatic rings. The van der Waals surface area contributed by atoms with Crippen LogP contribution in [0.15, 0.2) is 47.4 Å². The van der Waals surface area contributed by atoms with Crippen molar-refractivity contribution < 1.29 is 17.0 Å². The zero-order valence-electron chi connectivity index (χ0n) is 9.31. The van der Waals surface area contributed by atoms with Crippen molar-refractivity contribution in [2.24, 2.45) is 0 Å². The van der Waals surface area contributed by atoms with Crippen LogP contribution >= 0.6 is 23.2 Å². The molecule has 2 rings (SSSR count). The summed E-state index contributed by atoms with van der Waals surface area (Å²) >= 11 is 11.6. The van der Waals surface area contributed by atoms with Crippen molar-refractivity contribution in [1.29, 1.82) is 0 Å². The molecule has 0 unspecified atom stereocenters. The van der Waals surface area contributed by atoms with E-state index >= 15 is 0 Å². The highest BCUT2D eigenvalue weighted by molar-refractivity contribution is 7.87. The Kier molecular flexibility index (Phi) is 3.99. The molecular weight excluding hydrogens is 314 g/mol. The standard InChI is InChI=1S/C12H7Cl2FO3S/c13-10-2-1-3-11(12(10)14)18-19(16,17)9-6-4-8(15)5-7-9/h1-7H. The van der Waals surface area contributed by atoms with E-state index in [0.717, 1.165) is 24.3 Å². The van der Waals surface area contributed by atoms with Crippen molar-refractivity contribution in [3.05, 3.63) is 58.3 Å². The zero-order chi connectivity index (χ0) is 14.0. The summed E-state index contributed by atoms with van der Waals surface area (Å²) < 4.78 is 41.5. The topological polar surface area (TPSA) is 43.4 Å². The van der Waals surface area contributed by atoms with Gasteiger partial charge in [-0.15, -0.1) is 0 Å². The predicted octanol–water partition coefficient (Wildman–Crippen LogP) is 3.90. The first-order chi connectivity index (χ1) is 8.90. The summed E-state index contributed by atoms with van der Waals surface area (Å²) in [6.45, 7) is 0. The molecule has 0 N–H and O–H groups in total. The Labute approximate surface area is 119 Å². The van der Waals surface area contributed by atoms with Crippen LogP contribution in [-0.4, -0.2) is 8.42 Å². The summed E-state index contributed by atoms with van der Waals surface area (Å²) in [5.74, 6) is -0.627. The highest BCUT2D eigenvalue weighted by atomic mass is 35.5. The largest absolute Gasteiger partial charge is 0.377 e. The maximum atomic E-state index is 12.7. The van der Waals surface area contributed by atoms with Crippen molar-refractivity contribution in [1.82, 2.24) is 0 Å². The van der Waals surface area contributed by atoms with E-state index in [1.165, 1.54) is 18.2 Å². The Balaban J connectivity index is 2.36. The van der Waals surface area contributed by atoms with Crippen molar-refractivity contribution in [2.75, 3.05) is 0 Å². The first kappa shape index (κ1) is 14.1. The van der Waals surface area contributed by atoms with Crippen LogP contribution in [0, 0.1) is 5.82 Å². The van der Waals surface area contributed by atoms with Gasteiger partial charge < -0.3 is 4.18 Å². The molecule has 0 spiro atoms. The van der Waals surface area contributed by atoms with Gasteiger partial charge >= 0.3 is 10.1 Å². The second-order valence-electron chi connectivity index (χ2n) is 3.54. The van der Waals surface area contributed by atoms with Crippen LogP contribution in [0.5, 0.6) is 5.75 Å². The SMILES string of the molecule is O=S(=O)(Oc1cccc(Cl)c1Cl)c1ccc(F)cc1. The molecule has 0 saturated heterocycles. The molecule has 100 valence electrons. The lowest BCUT2D eigenvalue weighted by Crippen LogP contribution is -2.10. The molecule has 7 heteroatoms. The quantitative estimate of drug-likeness (QED) is 0.805. The summed E-state index contributed by atoms with van der Waals surface area (Å²) in [5.41, 5.74) is 0. The van der Waals surface area contributed by atoms with Crippen LogP contribution in [-0.2, 0) is 10.1 Å². The molecule has 3 nitrogen and oxygen atoms in total. The molecule has 19 heavy (non-hydrogen) atoms. The second-order valence-corrected chi connectivity index (χ2v) is 5.87. The maximum Gasteiger partial charge on any atom is 0.339 e. The van der Waals surface area contributed by atoms with Gasteiger partial charge in [-0.25, -0.2) is 4.39 Å². The van der Waals surface area contributed by atoms with Crippen LogP contribution in [0.25, 0.3) is 0 Å². The Morgan fingerprint density at radius 2 is 1.63 bits per heavy atom. The Morgan fingerprint density at radius 1 is 1.00 bits per heavy atom. The van der Waals surface area contributed by atoms with Gasteiger partial charge in [-0.1, -0.05) is 29.3 Å². The van der Waals surface area contributed by atoms with E-state index in [1.54, 1.807) is 0 Å². The monoisotopic (exact) mass is 320 g/mol. The first-order valence-electron chi connectivity index (χ1n) is 5.04. The van der Waals surface area contributed by atoms with E-state index in [9.17, 15) is 12.8 Å². The number of halogens is 3. The highest BCUT2D eigenvalue weighted by Crippen LogP contribution is 2.33. The van der Waals surface area contributed by atoms with Crippen LogP contribution in [0.4, 0.5) is 4.39 Å². The summed E-state index contributed by atoms with van der Waals surface area (Å²) in [6.07, 6.45) is 0. The van der Waals surface area contributed by atoms with Gasteiger partial charge in [0.05, 0.1) is 5.02 Å². The van der Waals surface area contributed by atoms with E-state index in [4.69, 9.17) is 27.4 Å².